The van der Waals surface area contributed by atoms with E-state index in [-0.39, 0.29) is 29.0 Å². The van der Waals surface area contributed by atoms with Crippen molar-refractivity contribution in [2.75, 3.05) is 0 Å². The molecule has 1 aromatic carbocycles. The maximum atomic E-state index is 12.3. The van der Waals surface area contributed by atoms with Gasteiger partial charge >= 0.3 is 0 Å². The number of aryl methyl sites for hydroxylation is 1. The Morgan fingerprint density at radius 3 is 2.41 bits per heavy atom. The minimum atomic E-state index is -0.996. The molecule has 0 bridgehead atoms. The summed E-state index contributed by atoms with van der Waals surface area (Å²) >= 11 is 0. The number of benzene rings is 1. The molecule has 1 unspecified atom stereocenters. The van der Waals surface area contributed by atoms with Gasteiger partial charge in [0.2, 0.25) is 0 Å². The van der Waals surface area contributed by atoms with Crippen molar-refractivity contribution in [2.24, 2.45) is 5.92 Å². The van der Waals surface area contributed by atoms with Gasteiger partial charge in [0.25, 0.3) is 0 Å². The molecule has 0 radical (unpaired) electrons. The van der Waals surface area contributed by atoms with E-state index in [9.17, 15) is 24.9 Å². The van der Waals surface area contributed by atoms with E-state index in [2.05, 4.69) is 0 Å². The fourth-order valence-corrected chi connectivity index (χ4v) is 3.30. The highest BCUT2D eigenvalue weighted by Crippen LogP contribution is 2.28. The fourth-order valence-electron chi connectivity index (χ4n) is 3.30. The molecule has 0 aliphatic carbocycles. The van der Waals surface area contributed by atoms with Crippen LogP contribution in [0.3, 0.4) is 0 Å². The molecule has 0 aliphatic rings. The van der Waals surface area contributed by atoms with Crippen molar-refractivity contribution >= 4 is 11.6 Å². The summed E-state index contributed by atoms with van der Waals surface area (Å²) in [6.07, 6.45) is 9.53. The molecular weight excluding hydrogens is 404 g/mol. The number of ketones is 2. The number of aliphatic hydroxyl groups is 1. The quantitative estimate of drug-likeness (QED) is 0.226. The molecule has 32 heavy (non-hydrogen) atoms. The first-order chi connectivity index (χ1) is 14.8. The van der Waals surface area contributed by atoms with Crippen LogP contribution in [0.2, 0.25) is 0 Å². The summed E-state index contributed by atoms with van der Waals surface area (Å²) in [5, 5.41) is 29.5. The van der Waals surface area contributed by atoms with E-state index in [1.807, 2.05) is 26.8 Å². The Labute approximate surface area is 192 Å². The standard InChI is InChI=1S/C27H38O5/c1-18(8-7-9-20(3)25(30)12-13-27(5,6)32)14-23(28)15-19(2)10-11-22-17-24(29)16-21(4)26(22)31/h10,12-14,16-17,20,29,31-32H,7-9,11,15H2,1-6H3/b13-12+,18-14+,19-10+. The number of phenolic OH excluding ortho intramolecular Hbond substituents is 2. The van der Waals surface area contributed by atoms with Crippen LogP contribution in [-0.2, 0) is 16.0 Å². The highest BCUT2D eigenvalue weighted by atomic mass is 16.3. The SMILES string of the molecule is C/C(=C\C(=O)C/C(C)=C/Cc1cc(O)cc(C)c1O)CCCC(C)C(=O)/C=C/C(C)(C)O. The zero-order chi connectivity index (χ0) is 24.5. The molecule has 3 N–H and O–H groups in total. The topological polar surface area (TPSA) is 94.8 Å². The van der Waals surface area contributed by atoms with E-state index in [0.717, 1.165) is 30.4 Å². The van der Waals surface area contributed by atoms with Crippen molar-refractivity contribution in [3.63, 3.8) is 0 Å². The van der Waals surface area contributed by atoms with Gasteiger partial charge in [-0.25, -0.2) is 0 Å². The largest absolute Gasteiger partial charge is 0.508 e. The summed E-state index contributed by atoms with van der Waals surface area (Å²) in [6, 6.07) is 3.04. The Morgan fingerprint density at radius 2 is 1.78 bits per heavy atom. The third-order valence-corrected chi connectivity index (χ3v) is 5.24. The van der Waals surface area contributed by atoms with Crippen LogP contribution in [0.15, 0.2) is 47.6 Å². The molecule has 0 heterocycles. The zero-order valence-electron chi connectivity index (χ0n) is 20.2. The Kier molecular flexibility index (Phi) is 10.6. The van der Waals surface area contributed by atoms with Crippen LogP contribution in [0.1, 0.15) is 71.4 Å². The first-order valence-electron chi connectivity index (χ1n) is 11.1. The predicted molar refractivity (Wildman–Crippen MR) is 129 cm³/mol. The summed E-state index contributed by atoms with van der Waals surface area (Å²) in [7, 11) is 0. The molecule has 176 valence electrons. The molecular formula is C27H38O5. The molecule has 0 spiro atoms. The molecule has 1 rings (SSSR count). The van der Waals surface area contributed by atoms with Crippen LogP contribution in [-0.4, -0.2) is 32.5 Å². The third kappa shape index (κ3) is 10.6. The van der Waals surface area contributed by atoms with Gasteiger partial charge < -0.3 is 15.3 Å². The lowest BCUT2D eigenvalue weighted by Gasteiger charge is -2.12. The molecule has 0 saturated heterocycles. The van der Waals surface area contributed by atoms with Gasteiger partial charge in [-0.2, -0.15) is 0 Å². The summed E-state index contributed by atoms with van der Waals surface area (Å²) in [4.78, 5) is 24.4. The summed E-state index contributed by atoms with van der Waals surface area (Å²) in [5.41, 5.74) is 2.13. The number of hydrogen-bond donors (Lipinski definition) is 3. The molecule has 0 aromatic heterocycles. The Hall–Kier alpha value is -2.66. The maximum Gasteiger partial charge on any atom is 0.159 e. The maximum absolute atomic E-state index is 12.3. The summed E-state index contributed by atoms with van der Waals surface area (Å²) in [6.45, 7) is 10.7. The average Bonchev–Trinajstić information content (AvgIpc) is 2.66. The first kappa shape index (κ1) is 27.4. The van der Waals surface area contributed by atoms with Crippen molar-refractivity contribution < 1.29 is 24.9 Å². The fraction of sp³-hybridized carbons (Fsp3) is 0.481. The van der Waals surface area contributed by atoms with Gasteiger partial charge in [-0.05, 0) is 90.2 Å². The van der Waals surface area contributed by atoms with Gasteiger partial charge in [-0.1, -0.05) is 30.2 Å². The van der Waals surface area contributed by atoms with Crippen LogP contribution in [0.4, 0.5) is 0 Å². The number of carbonyl (C=O) groups excluding carboxylic acids is 2. The first-order valence-corrected chi connectivity index (χ1v) is 11.1. The highest BCUT2D eigenvalue weighted by Gasteiger charge is 2.13. The minimum absolute atomic E-state index is 0.00133. The number of allylic oxidation sites excluding steroid dienone is 5. The number of hydrogen-bond acceptors (Lipinski definition) is 5. The Bertz CT molecular complexity index is 897. The van der Waals surface area contributed by atoms with Crippen molar-refractivity contribution in [2.45, 2.75) is 79.2 Å². The molecule has 0 aliphatic heterocycles. The van der Waals surface area contributed by atoms with Gasteiger partial charge in [-0.15, -0.1) is 0 Å². The Balaban J connectivity index is 2.51. The zero-order valence-corrected chi connectivity index (χ0v) is 20.2. The van der Waals surface area contributed by atoms with Gasteiger partial charge in [-0.3, -0.25) is 9.59 Å². The lowest BCUT2D eigenvalue weighted by Crippen LogP contribution is -2.16. The lowest BCUT2D eigenvalue weighted by atomic mass is 9.96. The average molecular weight is 443 g/mol. The van der Waals surface area contributed by atoms with E-state index in [1.165, 1.54) is 24.3 Å². The smallest absolute Gasteiger partial charge is 0.159 e. The second-order valence-electron chi connectivity index (χ2n) is 9.34. The monoisotopic (exact) mass is 442 g/mol. The van der Waals surface area contributed by atoms with Crippen molar-refractivity contribution in [1.29, 1.82) is 0 Å². The van der Waals surface area contributed by atoms with Crippen molar-refractivity contribution in [3.05, 3.63) is 58.7 Å². The molecule has 0 fully saturated rings. The van der Waals surface area contributed by atoms with E-state index in [4.69, 9.17) is 0 Å². The van der Waals surface area contributed by atoms with E-state index < -0.39 is 5.60 Å². The number of rotatable bonds is 12. The predicted octanol–water partition coefficient (Wildman–Crippen LogP) is 5.50. The molecule has 5 heteroatoms. The number of aromatic hydroxyl groups is 2. The highest BCUT2D eigenvalue weighted by molar-refractivity contribution is 5.92. The lowest BCUT2D eigenvalue weighted by molar-refractivity contribution is -0.118. The third-order valence-electron chi connectivity index (χ3n) is 5.24. The normalized spacial score (nSPS) is 14.1. The molecule has 0 amide bonds. The summed E-state index contributed by atoms with van der Waals surface area (Å²) < 4.78 is 0. The Morgan fingerprint density at radius 1 is 1.12 bits per heavy atom. The second kappa shape index (κ2) is 12.4. The van der Waals surface area contributed by atoms with Crippen LogP contribution in [0.25, 0.3) is 0 Å². The van der Waals surface area contributed by atoms with Crippen LogP contribution >= 0.6 is 0 Å². The summed E-state index contributed by atoms with van der Waals surface area (Å²) in [5.74, 6) is 0.167. The number of phenols is 2. The van der Waals surface area contributed by atoms with Gasteiger partial charge in [0.15, 0.2) is 11.6 Å². The van der Waals surface area contributed by atoms with Crippen LogP contribution in [0, 0.1) is 12.8 Å². The molecule has 1 aromatic rings. The molecule has 0 saturated carbocycles. The van der Waals surface area contributed by atoms with E-state index in [0.29, 0.717) is 24.0 Å². The molecule has 1 atom stereocenters. The van der Waals surface area contributed by atoms with E-state index in [1.54, 1.807) is 26.8 Å². The van der Waals surface area contributed by atoms with Crippen molar-refractivity contribution in [1.82, 2.24) is 0 Å². The van der Waals surface area contributed by atoms with Gasteiger partial charge in [0.1, 0.15) is 11.5 Å². The number of carbonyl (C=O) groups is 2. The van der Waals surface area contributed by atoms with Crippen LogP contribution < -0.4 is 0 Å². The van der Waals surface area contributed by atoms with E-state index >= 15 is 0 Å². The van der Waals surface area contributed by atoms with Gasteiger partial charge in [0.05, 0.1) is 5.60 Å². The van der Waals surface area contributed by atoms with Gasteiger partial charge in [0, 0.05) is 17.9 Å². The second-order valence-corrected chi connectivity index (χ2v) is 9.34. The minimum Gasteiger partial charge on any atom is -0.508 e. The van der Waals surface area contributed by atoms with Crippen molar-refractivity contribution in [3.8, 4) is 11.5 Å². The molecule has 5 nitrogen and oxygen atoms in total. The van der Waals surface area contributed by atoms with Crippen LogP contribution in [0.5, 0.6) is 11.5 Å².